The van der Waals surface area contributed by atoms with Crippen molar-refractivity contribution in [2.75, 3.05) is 63.9 Å². The highest BCUT2D eigenvalue weighted by Crippen LogP contribution is 2.35. The number of anilines is 2. The van der Waals surface area contributed by atoms with Crippen LogP contribution in [0.2, 0.25) is 0 Å². The summed E-state index contributed by atoms with van der Waals surface area (Å²) in [5.74, 6) is 1.84. The Morgan fingerprint density at radius 2 is 2.03 bits per heavy atom. The molecule has 2 aromatic rings. The zero-order chi connectivity index (χ0) is 21.6. The first-order valence-electron chi connectivity index (χ1n) is 10.6. The van der Waals surface area contributed by atoms with Gasteiger partial charge in [-0.2, -0.15) is 0 Å². The molecule has 0 aliphatic carbocycles. The predicted molar refractivity (Wildman–Crippen MR) is 120 cm³/mol. The van der Waals surface area contributed by atoms with Crippen LogP contribution in [0.4, 0.5) is 15.8 Å². The van der Waals surface area contributed by atoms with Gasteiger partial charge in [0, 0.05) is 37.0 Å². The zero-order valence-electron chi connectivity index (χ0n) is 18.0. The van der Waals surface area contributed by atoms with Crippen LogP contribution in [-0.2, 0) is 4.74 Å². The van der Waals surface area contributed by atoms with Crippen molar-refractivity contribution in [2.24, 2.45) is 4.99 Å². The highest BCUT2D eigenvalue weighted by molar-refractivity contribution is 6.13. The Bertz CT molecular complexity index is 945. The van der Waals surface area contributed by atoms with E-state index in [1.165, 1.54) is 6.07 Å². The highest BCUT2D eigenvalue weighted by atomic mass is 19.1. The Labute approximate surface area is 182 Å². The summed E-state index contributed by atoms with van der Waals surface area (Å²) in [6.07, 6.45) is 0.923. The molecule has 0 amide bonds. The number of aliphatic imine (C=N–C) groups is 1. The number of nitrogens with zero attached hydrogens (tertiary/aromatic N) is 2. The molecule has 0 bridgehead atoms. The summed E-state index contributed by atoms with van der Waals surface area (Å²) >= 11 is 0. The number of morpholine rings is 1. The summed E-state index contributed by atoms with van der Waals surface area (Å²) in [6.45, 7) is 7.31. The fourth-order valence-corrected chi connectivity index (χ4v) is 3.72. The minimum atomic E-state index is -0.226. The average molecular weight is 429 g/mol. The van der Waals surface area contributed by atoms with Crippen LogP contribution in [0.5, 0.6) is 11.5 Å². The summed E-state index contributed by atoms with van der Waals surface area (Å²) in [6, 6.07) is 8.80. The van der Waals surface area contributed by atoms with Gasteiger partial charge in [-0.15, -0.1) is 0 Å². The van der Waals surface area contributed by atoms with Crippen molar-refractivity contribution in [1.82, 2.24) is 4.90 Å². The summed E-state index contributed by atoms with van der Waals surface area (Å²) in [4.78, 5) is 6.95. The molecule has 0 atom stereocenters. The van der Waals surface area contributed by atoms with E-state index in [1.54, 1.807) is 26.2 Å². The number of methoxy groups -OCH3 is 1. The minimum absolute atomic E-state index is 0.226. The summed E-state index contributed by atoms with van der Waals surface area (Å²) in [5, 5.41) is 6.58. The van der Waals surface area contributed by atoms with Crippen molar-refractivity contribution in [1.29, 1.82) is 0 Å². The van der Waals surface area contributed by atoms with Gasteiger partial charge in [0.25, 0.3) is 0 Å². The van der Waals surface area contributed by atoms with Gasteiger partial charge < -0.3 is 24.8 Å². The second-order valence-corrected chi connectivity index (χ2v) is 7.64. The fourth-order valence-electron chi connectivity index (χ4n) is 3.72. The van der Waals surface area contributed by atoms with Crippen LogP contribution < -0.4 is 20.1 Å². The van der Waals surface area contributed by atoms with E-state index in [9.17, 15) is 4.39 Å². The maximum absolute atomic E-state index is 13.6. The zero-order valence-corrected chi connectivity index (χ0v) is 18.0. The molecule has 2 N–H and O–H groups in total. The van der Waals surface area contributed by atoms with Gasteiger partial charge in [-0.25, -0.2) is 9.38 Å². The van der Waals surface area contributed by atoms with Crippen molar-refractivity contribution in [2.45, 2.75) is 13.3 Å². The van der Waals surface area contributed by atoms with Crippen LogP contribution in [0.25, 0.3) is 0 Å². The van der Waals surface area contributed by atoms with Crippen LogP contribution in [0.3, 0.4) is 0 Å². The van der Waals surface area contributed by atoms with E-state index in [0.717, 1.165) is 56.2 Å². The molecule has 7 nitrogen and oxygen atoms in total. The van der Waals surface area contributed by atoms with E-state index in [0.29, 0.717) is 36.2 Å². The summed E-state index contributed by atoms with van der Waals surface area (Å²) < 4.78 is 30.6. The van der Waals surface area contributed by atoms with Crippen LogP contribution in [0.1, 0.15) is 17.5 Å². The van der Waals surface area contributed by atoms with Crippen LogP contribution >= 0.6 is 0 Å². The first-order chi connectivity index (χ1) is 15.1. The van der Waals surface area contributed by atoms with Crippen LogP contribution in [0.15, 0.2) is 35.3 Å². The largest absolute Gasteiger partial charge is 0.493 e. The number of rotatable bonds is 7. The van der Waals surface area contributed by atoms with Gasteiger partial charge >= 0.3 is 0 Å². The second-order valence-electron chi connectivity index (χ2n) is 7.64. The van der Waals surface area contributed by atoms with Crippen molar-refractivity contribution < 1.29 is 18.6 Å². The molecule has 2 aromatic carbocycles. The Kier molecular flexibility index (Phi) is 6.89. The third kappa shape index (κ3) is 5.26. The monoisotopic (exact) mass is 428 g/mol. The molecule has 2 heterocycles. The van der Waals surface area contributed by atoms with Gasteiger partial charge in [0.1, 0.15) is 18.3 Å². The van der Waals surface area contributed by atoms with Gasteiger partial charge in [0.2, 0.25) is 0 Å². The molecule has 0 spiro atoms. The number of benzene rings is 2. The van der Waals surface area contributed by atoms with Gasteiger partial charge in [0.15, 0.2) is 11.5 Å². The number of aryl methyl sites for hydroxylation is 1. The quantitative estimate of drug-likeness (QED) is 0.658. The van der Waals surface area contributed by atoms with E-state index in [1.807, 2.05) is 12.1 Å². The molecule has 0 aromatic heterocycles. The number of amidine groups is 1. The first-order valence-corrected chi connectivity index (χ1v) is 10.6. The molecule has 0 radical (unpaired) electrons. The minimum Gasteiger partial charge on any atom is -0.493 e. The van der Waals surface area contributed by atoms with Gasteiger partial charge in [-0.1, -0.05) is 0 Å². The second kappa shape index (κ2) is 9.98. The lowest BCUT2D eigenvalue weighted by Crippen LogP contribution is -2.37. The maximum atomic E-state index is 13.6. The first kappa shape index (κ1) is 21.4. The molecule has 2 aliphatic heterocycles. The molecule has 4 rings (SSSR count). The maximum Gasteiger partial charge on any atom is 0.162 e. The highest BCUT2D eigenvalue weighted by Gasteiger charge is 2.19. The number of halogens is 1. The van der Waals surface area contributed by atoms with Gasteiger partial charge in [0.05, 0.1) is 32.6 Å². The van der Waals surface area contributed by atoms with Crippen molar-refractivity contribution in [3.8, 4) is 11.5 Å². The van der Waals surface area contributed by atoms with Crippen molar-refractivity contribution >= 4 is 17.2 Å². The van der Waals surface area contributed by atoms with E-state index >= 15 is 0 Å². The Hall–Kier alpha value is -2.84. The van der Waals surface area contributed by atoms with E-state index in [-0.39, 0.29) is 5.82 Å². The van der Waals surface area contributed by atoms with Gasteiger partial charge in [-0.3, -0.25) is 4.90 Å². The summed E-state index contributed by atoms with van der Waals surface area (Å²) in [5.41, 5.74) is 3.17. The Morgan fingerprint density at radius 1 is 1.19 bits per heavy atom. The molecular formula is C23H29FN4O3. The molecule has 0 unspecified atom stereocenters. The molecule has 8 heteroatoms. The topological polar surface area (TPSA) is 67.3 Å². The van der Waals surface area contributed by atoms with Crippen LogP contribution in [-0.4, -0.2) is 64.0 Å². The van der Waals surface area contributed by atoms with E-state index in [4.69, 9.17) is 14.2 Å². The lowest BCUT2D eigenvalue weighted by atomic mass is 10.1. The standard InChI is InChI=1S/C23H29FN4O3/c1-16-12-17(4-5-19(16)24)27-23-18-13-22(21(29-2)14-20(18)25-15-26-23)31-9-3-6-28-7-10-30-11-8-28/h4-5,12-14,25H,3,6-11,15H2,1-2H3,(H,26,27). The molecule has 1 saturated heterocycles. The van der Waals surface area contributed by atoms with Gasteiger partial charge in [-0.05, 0) is 43.2 Å². The Balaban J connectivity index is 1.45. The SMILES string of the molecule is COc1cc2c(cc1OCCCN1CCOCC1)C(Nc1ccc(F)c(C)c1)=NCN2. The van der Waals surface area contributed by atoms with Crippen molar-refractivity contribution in [3.05, 3.63) is 47.3 Å². The molecule has 2 aliphatic rings. The number of fused-ring (bicyclic) bond motifs is 1. The lowest BCUT2D eigenvalue weighted by Gasteiger charge is -2.26. The molecule has 0 saturated carbocycles. The Morgan fingerprint density at radius 3 is 2.81 bits per heavy atom. The number of hydrogen-bond acceptors (Lipinski definition) is 7. The van der Waals surface area contributed by atoms with Crippen molar-refractivity contribution in [3.63, 3.8) is 0 Å². The molecule has 166 valence electrons. The van der Waals surface area contributed by atoms with E-state index in [2.05, 4.69) is 20.5 Å². The summed E-state index contributed by atoms with van der Waals surface area (Å²) in [7, 11) is 1.64. The van der Waals surface area contributed by atoms with E-state index < -0.39 is 0 Å². The number of hydrogen-bond donors (Lipinski definition) is 2. The molecular weight excluding hydrogens is 399 g/mol. The third-order valence-corrected chi connectivity index (χ3v) is 5.47. The number of nitrogens with one attached hydrogen (secondary N) is 2. The predicted octanol–water partition coefficient (Wildman–Crippen LogP) is 3.49. The lowest BCUT2D eigenvalue weighted by molar-refractivity contribution is 0.0357. The number of ether oxygens (including phenoxy) is 3. The average Bonchev–Trinajstić information content (AvgIpc) is 2.79. The molecule has 31 heavy (non-hydrogen) atoms. The molecule has 1 fully saturated rings. The third-order valence-electron chi connectivity index (χ3n) is 5.47. The smallest absolute Gasteiger partial charge is 0.162 e. The fraction of sp³-hybridized carbons (Fsp3) is 0.435. The normalized spacial score (nSPS) is 16.2. The van der Waals surface area contributed by atoms with Crippen LogP contribution in [0, 0.1) is 12.7 Å².